The maximum Gasteiger partial charge on any atom is 0.237 e. The molecule has 0 fully saturated rings. The van der Waals surface area contributed by atoms with Crippen molar-refractivity contribution in [2.75, 3.05) is 0 Å². The number of rotatable bonds is 6. The van der Waals surface area contributed by atoms with E-state index < -0.39 is 0 Å². The van der Waals surface area contributed by atoms with Crippen molar-refractivity contribution >= 4 is 5.91 Å². The lowest BCUT2D eigenvalue weighted by Crippen LogP contribution is -2.41. The zero-order valence-corrected chi connectivity index (χ0v) is 10.8. The Bertz CT molecular complexity index is 497. The Morgan fingerprint density at radius 2 is 2.21 bits per heavy atom. The summed E-state index contributed by atoms with van der Waals surface area (Å²) in [4.78, 5) is 16.0. The molecule has 1 atom stereocenters. The van der Waals surface area contributed by atoms with E-state index in [1.54, 1.807) is 18.5 Å². The Labute approximate surface area is 112 Å². The highest BCUT2D eigenvalue weighted by Crippen LogP contribution is 1.99. The van der Waals surface area contributed by atoms with Gasteiger partial charge in [-0.2, -0.15) is 0 Å². The zero-order chi connectivity index (χ0) is 13.5. The van der Waals surface area contributed by atoms with Gasteiger partial charge in [-0.3, -0.25) is 9.78 Å². The third-order valence-corrected chi connectivity index (χ3v) is 2.73. The first-order valence-electron chi connectivity index (χ1n) is 6.19. The van der Waals surface area contributed by atoms with Gasteiger partial charge in [0.25, 0.3) is 0 Å². The fraction of sp³-hybridized carbons (Fsp3) is 0.286. The number of pyridine rings is 1. The van der Waals surface area contributed by atoms with Gasteiger partial charge in [0.15, 0.2) is 0 Å². The first-order valence-corrected chi connectivity index (χ1v) is 6.19. The summed E-state index contributed by atoms with van der Waals surface area (Å²) in [5, 5.41) is 5.93. The highest BCUT2D eigenvalue weighted by atomic mass is 16.3. The third-order valence-electron chi connectivity index (χ3n) is 2.73. The summed E-state index contributed by atoms with van der Waals surface area (Å²) < 4.78 is 5.15. The molecular formula is C14H17N3O2. The topological polar surface area (TPSA) is 67.2 Å². The number of carbonyl (C=O) groups is 1. The van der Waals surface area contributed by atoms with E-state index in [0.717, 1.165) is 11.5 Å². The van der Waals surface area contributed by atoms with Gasteiger partial charge >= 0.3 is 0 Å². The SMILES string of the molecule is CC(NCc1ccccn1)C(=O)NCc1ccco1. The van der Waals surface area contributed by atoms with Crippen molar-refractivity contribution < 1.29 is 9.21 Å². The van der Waals surface area contributed by atoms with Gasteiger partial charge < -0.3 is 15.1 Å². The standard InChI is InChI=1S/C14H17N3O2/c1-11(16-9-12-5-2-3-7-15-12)14(18)17-10-13-6-4-8-19-13/h2-8,11,16H,9-10H2,1H3,(H,17,18). The molecule has 100 valence electrons. The zero-order valence-electron chi connectivity index (χ0n) is 10.8. The second-order valence-electron chi connectivity index (χ2n) is 4.22. The number of hydrogen-bond acceptors (Lipinski definition) is 4. The van der Waals surface area contributed by atoms with Crippen molar-refractivity contribution in [3.05, 3.63) is 54.2 Å². The average molecular weight is 259 g/mol. The number of carbonyl (C=O) groups excluding carboxylic acids is 1. The lowest BCUT2D eigenvalue weighted by atomic mass is 10.3. The Morgan fingerprint density at radius 1 is 1.32 bits per heavy atom. The highest BCUT2D eigenvalue weighted by molar-refractivity contribution is 5.81. The normalized spacial score (nSPS) is 12.1. The second kappa shape index (κ2) is 6.70. The monoisotopic (exact) mass is 259 g/mol. The highest BCUT2D eigenvalue weighted by Gasteiger charge is 2.12. The first kappa shape index (κ1) is 13.3. The van der Waals surface area contributed by atoms with E-state index in [1.165, 1.54) is 0 Å². The van der Waals surface area contributed by atoms with Crippen LogP contribution in [0.1, 0.15) is 18.4 Å². The van der Waals surface area contributed by atoms with Gasteiger partial charge in [-0.25, -0.2) is 0 Å². The van der Waals surface area contributed by atoms with Crippen LogP contribution in [-0.2, 0) is 17.9 Å². The van der Waals surface area contributed by atoms with Crippen molar-refractivity contribution in [1.82, 2.24) is 15.6 Å². The lowest BCUT2D eigenvalue weighted by molar-refractivity contribution is -0.123. The third kappa shape index (κ3) is 4.22. The van der Waals surface area contributed by atoms with Gasteiger partial charge in [0, 0.05) is 12.7 Å². The lowest BCUT2D eigenvalue weighted by Gasteiger charge is -2.13. The Morgan fingerprint density at radius 3 is 2.89 bits per heavy atom. The molecule has 0 aromatic carbocycles. The van der Waals surface area contributed by atoms with Crippen molar-refractivity contribution in [2.45, 2.75) is 26.1 Å². The van der Waals surface area contributed by atoms with Gasteiger partial charge in [-0.15, -0.1) is 0 Å². The number of hydrogen-bond donors (Lipinski definition) is 2. The van der Waals surface area contributed by atoms with Gasteiger partial charge in [-0.05, 0) is 31.2 Å². The smallest absolute Gasteiger partial charge is 0.237 e. The molecule has 0 bridgehead atoms. The summed E-state index contributed by atoms with van der Waals surface area (Å²) in [5.41, 5.74) is 0.910. The molecule has 1 amide bonds. The molecule has 5 nitrogen and oxygen atoms in total. The summed E-state index contributed by atoms with van der Waals surface area (Å²) >= 11 is 0. The van der Waals surface area contributed by atoms with Crippen molar-refractivity contribution in [1.29, 1.82) is 0 Å². The van der Waals surface area contributed by atoms with E-state index in [-0.39, 0.29) is 11.9 Å². The molecule has 0 radical (unpaired) electrons. The number of furan rings is 1. The second-order valence-corrected chi connectivity index (χ2v) is 4.22. The van der Waals surface area contributed by atoms with Crippen LogP contribution in [-0.4, -0.2) is 16.9 Å². The van der Waals surface area contributed by atoms with E-state index in [2.05, 4.69) is 15.6 Å². The van der Waals surface area contributed by atoms with Gasteiger partial charge in [0.2, 0.25) is 5.91 Å². The molecule has 2 aromatic rings. The minimum absolute atomic E-state index is 0.0627. The van der Waals surface area contributed by atoms with E-state index in [9.17, 15) is 4.79 Å². The Balaban J connectivity index is 1.73. The van der Waals surface area contributed by atoms with E-state index in [0.29, 0.717) is 13.1 Å². The van der Waals surface area contributed by atoms with E-state index >= 15 is 0 Å². The summed E-state index contributed by atoms with van der Waals surface area (Å²) in [6.45, 7) is 2.79. The fourth-order valence-corrected chi connectivity index (χ4v) is 1.59. The number of nitrogens with one attached hydrogen (secondary N) is 2. The minimum atomic E-state index is -0.281. The average Bonchev–Trinajstić information content (AvgIpc) is 2.96. The molecular weight excluding hydrogens is 242 g/mol. The van der Waals surface area contributed by atoms with Crippen molar-refractivity contribution in [3.63, 3.8) is 0 Å². The minimum Gasteiger partial charge on any atom is -0.467 e. The molecule has 0 aliphatic rings. The van der Waals surface area contributed by atoms with Crippen molar-refractivity contribution in [3.8, 4) is 0 Å². The number of aromatic nitrogens is 1. The number of amides is 1. The molecule has 0 saturated carbocycles. The number of nitrogens with zero attached hydrogens (tertiary/aromatic N) is 1. The molecule has 1 unspecified atom stereocenters. The van der Waals surface area contributed by atoms with Gasteiger partial charge in [0.05, 0.1) is 24.5 Å². The summed E-state index contributed by atoms with van der Waals surface area (Å²) in [6.07, 6.45) is 3.32. The van der Waals surface area contributed by atoms with Crippen molar-refractivity contribution in [2.24, 2.45) is 0 Å². The molecule has 2 aromatic heterocycles. The maximum atomic E-state index is 11.8. The molecule has 0 aliphatic heterocycles. The maximum absolute atomic E-state index is 11.8. The van der Waals surface area contributed by atoms with E-state index in [4.69, 9.17) is 4.42 Å². The Hall–Kier alpha value is -2.14. The first-order chi connectivity index (χ1) is 9.25. The van der Waals surface area contributed by atoms with Crippen LogP contribution in [0.15, 0.2) is 47.2 Å². The van der Waals surface area contributed by atoms with Gasteiger partial charge in [0.1, 0.15) is 5.76 Å². The Kier molecular flexibility index (Phi) is 4.69. The van der Waals surface area contributed by atoms with Crippen LogP contribution >= 0.6 is 0 Å². The van der Waals surface area contributed by atoms with Crippen LogP contribution in [0.3, 0.4) is 0 Å². The molecule has 2 rings (SSSR count). The van der Waals surface area contributed by atoms with Crippen LogP contribution in [0.25, 0.3) is 0 Å². The molecule has 0 aliphatic carbocycles. The molecule has 0 spiro atoms. The molecule has 19 heavy (non-hydrogen) atoms. The fourth-order valence-electron chi connectivity index (χ4n) is 1.59. The van der Waals surface area contributed by atoms with Crippen LogP contribution in [0.4, 0.5) is 0 Å². The summed E-state index contributed by atoms with van der Waals surface area (Å²) in [7, 11) is 0. The van der Waals surface area contributed by atoms with Gasteiger partial charge in [-0.1, -0.05) is 6.07 Å². The largest absolute Gasteiger partial charge is 0.467 e. The van der Waals surface area contributed by atoms with Crippen LogP contribution in [0.5, 0.6) is 0 Å². The van der Waals surface area contributed by atoms with Crippen LogP contribution < -0.4 is 10.6 Å². The predicted octanol–water partition coefficient (Wildman–Crippen LogP) is 1.47. The molecule has 2 N–H and O–H groups in total. The molecule has 5 heteroatoms. The summed E-state index contributed by atoms with van der Waals surface area (Å²) in [5.74, 6) is 0.678. The van der Waals surface area contributed by atoms with Crippen LogP contribution in [0.2, 0.25) is 0 Å². The van der Waals surface area contributed by atoms with Crippen LogP contribution in [0, 0.1) is 0 Å². The molecule has 0 saturated heterocycles. The molecule has 2 heterocycles. The quantitative estimate of drug-likeness (QED) is 0.824. The predicted molar refractivity (Wildman–Crippen MR) is 71.1 cm³/mol. The van der Waals surface area contributed by atoms with E-state index in [1.807, 2.05) is 31.2 Å². The summed E-state index contributed by atoms with van der Waals surface area (Å²) in [6, 6.07) is 9.04.